The van der Waals surface area contributed by atoms with Crippen LogP contribution in [0.15, 0.2) is 0 Å². The number of carbonyl (C=O) groups is 1. The lowest BCUT2D eigenvalue weighted by Gasteiger charge is -2.37. The number of rotatable bonds is 3. The van der Waals surface area contributed by atoms with E-state index >= 15 is 0 Å². The van der Waals surface area contributed by atoms with Crippen LogP contribution in [0.5, 0.6) is 0 Å². The smallest absolute Gasteiger partial charge is 0.225 e. The second-order valence-electron chi connectivity index (χ2n) is 6.52. The van der Waals surface area contributed by atoms with Gasteiger partial charge in [0.1, 0.15) is 0 Å². The van der Waals surface area contributed by atoms with Crippen LogP contribution >= 0.6 is 0 Å². The van der Waals surface area contributed by atoms with Crippen molar-refractivity contribution < 1.29 is 4.79 Å². The minimum absolute atomic E-state index is 0.255. The maximum atomic E-state index is 11.9. The second kappa shape index (κ2) is 5.57. The van der Waals surface area contributed by atoms with Crippen molar-refractivity contribution in [1.82, 2.24) is 15.1 Å². The van der Waals surface area contributed by atoms with E-state index in [-0.39, 0.29) is 5.92 Å². The average molecular weight is 253 g/mol. The van der Waals surface area contributed by atoms with Crippen molar-refractivity contribution in [3.63, 3.8) is 0 Å². The molecule has 0 bridgehead atoms. The molecule has 2 aliphatic heterocycles. The van der Waals surface area contributed by atoms with Gasteiger partial charge in [0.15, 0.2) is 0 Å². The van der Waals surface area contributed by atoms with Gasteiger partial charge in [0.2, 0.25) is 5.91 Å². The summed E-state index contributed by atoms with van der Waals surface area (Å²) in [7, 11) is 3.72. The molecule has 2 saturated heterocycles. The van der Waals surface area contributed by atoms with Crippen molar-refractivity contribution in [3.05, 3.63) is 0 Å². The highest BCUT2D eigenvalue weighted by atomic mass is 16.2. The third-order valence-corrected chi connectivity index (χ3v) is 4.44. The molecule has 2 fully saturated rings. The van der Waals surface area contributed by atoms with Crippen LogP contribution in [0.4, 0.5) is 0 Å². The number of likely N-dealkylation sites (tertiary alicyclic amines) is 1. The van der Waals surface area contributed by atoms with Crippen LogP contribution in [0.1, 0.15) is 26.2 Å². The van der Waals surface area contributed by atoms with Crippen LogP contribution in [0.25, 0.3) is 0 Å². The van der Waals surface area contributed by atoms with Gasteiger partial charge in [-0.3, -0.25) is 4.79 Å². The number of piperidine rings is 1. The van der Waals surface area contributed by atoms with Gasteiger partial charge in [0.25, 0.3) is 0 Å². The zero-order valence-electron chi connectivity index (χ0n) is 12.0. The van der Waals surface area contributed by atoms with Crippen molar-refractivity contribution in [2.45, 2.75) is 26.2 Å². The minimum atomic E-state index is 0.255. The van der Waals surface area contributed by atoms with E-state index in [1.165, 1.54) is 13.0 Å². The fourth-order valence-corrected chi connectivity index (χ4v) is 3.25. The average Bonchev–Trinajstić information content (AvgIpc) is 2.76. The van der Waals surface area contributed by atoms with E-state index in [9.17, 15) is 4.79 Å². The molecule has 2 aliphatic rings. The molecule has 0 aromatic rings. The van der Waals surface area contributed by atoms with Gasteiger partial charge in [-0.25, -0.2) is 0 Å². The topological polar surface area (TPSA) is 35.6 Å². The van der Waals surface area contributed by atoms with Gasteiger partial charge in [-0.15, -0.1) is 0 Å². The fraction of sp³-hybridized carbons (Fsp3) is 0.929. The molecule has 0 aliphatic carbocycles. The zero-order valence-corrected chi connectivity index (χ0v) is 12.0. The monoisotopic (exact) mass is 253 g/mol. The van der Waals surface area contributed by atoms with E-state index < -0.39 is 0 Å². The molecule has 104 valence electrons. The van der Waals surface area contributed by atoms with E-state index in [2.05, 4.69) is 17.1 Å². The minimum Gasteiger partial charge on any atom is -0.349 e. The van der Waals surface area contributed by atoms with E-state index in [1.54, 1.807) is 4.90 Å². The molecule has 0 saturated carbocycles. The molecule has 1 atom stereocenters. The van der Waals surface area contributed by atoms with Gasteiger partial charge < -0.3 is 15.1 Å². The molecule has 4 heteroatoms. The Morgan fingerprint density at radius 1 is 1.39 bits per heavy atom. The first kappa shape index (κ1) is 13.8. The first-order valence-electron chi connectivity index (χ1n) is 7.14. The van der Waals surface area contributed by atoms with Gasteiger partial charge in [0.05, 0.1) is 0 Å². The molecule has 18 heavy (non-hydrogen) atoms. The fourth-order valence-electron chi connectivity index (χ4n) is 3.25. The van der Waals surface area contributed by atoms with Crippen molar-refractivity contribution in [3.8, 4) is 0 Å². The maximum absolute atomic E-state index is 11.9. The maximum Gasteiger partial charge on any atom is 0.225 e. The van der Waals surface area contributed by atoms with E-state index in [0.717, 1.165) is 39.0 Å². The predicted octanol–water partition coefficient (Wildman–Crippen LogP) is 0.786. The highest BCUT2D eigenvalue weighted by Crippen LogP contribution is 2.28. The first-order chi connectivity index (χ1) is 8.50. The molecule has 2 rings (SSSR count). The predicted molar refractivity (Wildman–Crippen MR) is 73.5 cm³/mol. The Balaban J connectivity index is 1.78. The molecule has 1 unspecified atom stereocenters. The van der Waals surface area contributed by atoms with Crippen molar-refractivity contribution >= 4 is 5.91 Å². The zero-order chi connectivity index (χ0) is 13.2. The Morgan fingerprint density at radius 3 is 2.56 bits per heavy atom. The van der Waals surface area contributed by atoms with Crippen molar-refractivity contribution in [1.29, 1.82) is 0 Å². The molecule has 2 heterocycles. The van der Waals surface area contributed by atoms with Gasteiger partial charge >= 0.3 is 0 Å². The largest absolute Gasteiger partial charge is 0.349 e. The summed E-state index contributed by atoms with van der Waals surface area (Å²) in [6.07, 6.45) is 3.34. The quantitative estimate of drug-likeness (QED) is 0.807. The molecule has 0 spiro atoms. The summed E-state index contributed by atoms with van der Waals surface area (Å²) in [5.74, 6) is 0.564. The van der Waals surface area contributed by atoms with Gasteiger partial charge in [0, 0.05) is 33.1 Å². The standard InChI is InChI=1S/C14H27N3O/c1-14(6-7-15-10-14)11-17-8-4-12(5-9-17)13(18)16(2)3/h12,15H,4-11H2,1-3H3. The van der Waals surface area contributed by atoms with Crippen LogP contribution in [0.2, 0.25) is 0 Å². The number of carbonyl (C=O) groups excluding carboxylic acids is 1. The number of nitrogens with one attached hydrogen (secondary N) is 1. The summed E-state index contributed by atoms with van der Waals surface area (Å²) in [6, 6.07) is 0. The summed E-state index contributed by atoms with van der Waals surface area (Å²) >= 11 is 0. The summed E-state index contributed by atoms with van der Waals surface area (Å²) < 4.78 is 0. The molecule has 0 aromatic carbocycles. The highest BCUT2D eigenvalue weighted by Gasteiger charge is 2.33. The van der Waals surface area contributed by atoms with Crippen LogP contribution in [0, 0.1) is 11.3 Å². The lowest BCUT2D eigenvalue weighted by molar-refractivity contribution is -0.134. The Morgan fingerprint density at radius 2 is 2.06 bits per heavy atom. The van der Waals surface area contributed by atoms with Gasteiger partial charge in [-0.1, -0.05) is 6.92 Å². The summed E-state index contributed by atoms with van der Waals surface area (Å²) in [5.41, 5.74) is 0.443. The van der Waals surface area contributed by atoms with Crippen LogP contribution in [-0.2, 0) is 4.79 Å². The van der Waals surface area contributed by atoms with Gasteiger partial charge in [-0.2, -0.15) is 0 Å². The summed E-state index contributed by atoms with van der Waals surface area (Å²) in [5, 5.41) is 3.46. The van der Waals surface area contributed by atoms with E-state index in [0.29, 0.717) is 11.3 Å². The number of amides is 1. The van der Waals surface area contributed by atoms with Crippen LogP contribution < -0.4 is 5.32 Å². The first-order valence-corrected chi connectivity index (χ1v) is 7.14. The Labute approximate surface area is 111 Å². The second-order valence-corrected chi connectivity index (χ2v) is 6.52. The lowest BCUT2D eigenvalue weighted by atomic mass is 9.87. The third kappa shape index (κ3) is 3.23. The summed E-state index contributed by atoms with van der Waals surface area (Å²) in [4.78, 5) is 16.2. The van der Waals surface area contributed by atoms with Crippen molar-refractivity contribution in [2.24, 2.45) is 11.3 Å². The number of hydrogen-bond donors (Lipinski definition) is 1. The van der Waals surface area contributed by atoms with Crippen LogP contribution in [0.3, 0.4) is 0 Å². The van der Waals surface area contributed by atoms with E-state index in [1.807, 2.05) is 14.1 Å². The van der Waals surface area contributed by atoms with Crippen molar-refractivity contribution in [2.75, 3.05) is 46.8 Å². The van der Waals surface area contributed by atoms with Crippen LogP contribution in [-0.4, -0.2) is 62.5 Å². The molecule has 1 N–H and O–H groups in total. The molecule has 0 aromatic heterocycles. The molecule has 1 amide bonds. The highest BCUT2D eigenvalue weighted by molar-refractivity contribution is 5.78. The lowest BCUT2D eigenvalue weighted by Crippen LogP contribution is -2.44. The number of nitrogens with zero attached hydrogens (tertiary/aromatic N) is 2. The Bertz CT molecular complexity index is 289. The Kier molecular flexibility index (Phi) is 4.28. The normalized spacial score (nSPS) is 30.6. The van der Waals surface area contributed by atoms with E-state index in [4.69, 9.17) is 0 Å². The van der Waals surface area contributed by atoms with Gasteiger partial charge in [-0.05, 0) is 44.3 Å². The Hall–Kier alpha value is -0.610. The molecule has 0 radical (unpaired) electrons. The molecular weight excluding hydrogens is 226 g/mol. The number of hydrogen-bond acceptors (Lipinski definition) is 3. The molecular formula is C14H27N3O. The third-order valence-electron chi connectivity index (χ3n) is 4.44. The summed E-state index contributed by atoms with van der Waals surface area (Å²) in [6.45, 7) is 8.03. The SMILES string of the molecule is CN(C)C(=O)C1CCN(CC2(C)CCNC2)CC1. The molecule has 4 nitrogen and oxygen atoms in total.